The van der Waals surface area contributed by atoms with Crippen molar-refractivity contribution in [2.24, 2.45) is 4.99 Å². The Morgan fingerprint density at radius 3 is 2.26 bits per heavy atom. The molecule has 0 aromatic heterocycles. The first-order chi connectivity index (χ1) is 14.9. The van der Waals surface area contributed by atoms with Gasteiger partial charge in [-0.05, 0) is 42.3 Å². The smallest absolute Gasteiger partial charge is 0.192 e. The number of hydrogen-bond acceptors (Lipinski definition) is 6. The van der Waals surface area contributed by atoms with E-state index in [0.29, 0.717) is 6.61 Å². The molecule has 0 radical (unpaired) electrons. The van der Waals surface area contributed by atoms with Crippen LogP contribution < -0.4 is 0 Å². The summed E-state index contributed by atoms with van der Waals surface area (Å²) in [4.78, 5) is 5.76. The van der Waals surface area contributed by atoms with Crippen molar-refractivity contribution in [3.05, 3.63) is 12.3 Å². The lowest BCUT2D eigenvalue weighted by Gasteiger charge is -2.42. The maximum atomic E-state index is 8.44. The number of ether oxygens (including phenoxy) is 2. The summed E-state index contributed by atoms with van der Waals surface area (Å²) in [5.74, 6) is 0. The zero-order valence-corrected chi connectivity index (χ0v) is 23.6. The SMILES string of the molecule is [2H]C1=NC([2H])N([C@@H]2O[C@H](CO[Si](C)(C)C(C)(C)C)[C@@H](OCCl)[C@H]2O[Si](C)(C)C(C)(C)C)C=C1. The maximum Gasteiger partial charge on any atom is 0.192 e. The number of nitrogens with zero attached hydrogens (tertiary/aromatic N) is 2. The molecule has 0 bridgehead atoms. The number of aliphatic imine (C=N–C) groups is 1. The van der Waals surface area contributed by atoms with Gasteiger partial charge in [0.1, 0.15) is 31.0 Å². The van der Waals surface area contributed by atoms with Crippen molar-refractivity contribution in [3.63, 3.8) is 0 Å². The summed E-state index contributed by atoms with van der Waals surface area (Å²) in [5.41, 5.74) is 0. The summed E-state index contributed by atoms with van der Waals surface area (Å²) in [7, 11) is -4.24. The molecule has 31 heavy (non-hydrogen) atoms. The molecule has 1 unspecified atom stereocenters. The summed E-state index contributed by atoms with van der Waals surface area (Å²) < 4.78 is 42.0. The zero-order valence-electron chi connectivity index (χ0n) is 22.9. The first kappa shape index (κ1) is 23.9. The lowest BCUT2D eigenvalue weighted by molar-refractivity contribution is -0.0762. The van der Waals surface area contributed by atoms with Gasteiger partial charge in [0.05, 0.1) is 9.35 Å². The van der Waals surface area contributed by atoms with Crippen LogP contribution in [0.25, 0.3) is 0 Å². The summed E-state index contributed by atoms with van der Waals surface area (Å²) >= 11 is 6.05. The van der Waals surface area contributed by atoms with Gasteiger partial charge in [0.25, 0.3) is 0 Å². The van der Waals surface area contributed by atoms with E-state index in [1.165, 1.54) is 0 Å². The van der Waals surface area contributed by atoms with Gasteiger partial charge in [-0.1, -0.05) is 53.1 Å². The number of allylic oxidation sites excluding steroid dienone is 1. The Kier molecular flexibility index (Phi) is 7.68. The quantitative estimate of drug-likeness (QED) is 0.327. The van der Waals surface area contributed by atoms with Gasteiger partial charge in [0.2, 0.25) is 0 Å². The van der Waals surface area contributed by atoms with Crippen molar-refractivity contribution in [2.75, 3.05) is 19.3 Å². The van der Waals surface area contributed by atoms with Gasteiger partial charge in [-0.15, -0.1) is 0 Å². The van der Waals surface area contributed by atoms with Gasteiger partial charge in [-0.3, -0.25) is 4.99 Å². The molecular weight excluding hydrogens is 448 g/mol. The third-order valence-electron chi connectivity index (χ3n) is 7.07. The van der Waals surface area contributed by atoms with Crippen LogP contribution in [-0.2, 0) is 18.3 Å². The predicted octanol–water partition coefficient (Wildman–Crippen LogP) is 5.56. The number of hydrogen-bond donors (Lipinski definition) is 0. The average molecular weight is 493 g/mol. The molecule has 6 nitrogen and oxygen atoms in total. The highest BCUT2D eigenvalue weighted by molar-refractivity contribution is 6.74. The summed E-state index contributed by atoms with van der Waals surface area (Å²) in [6, 6.07) is 0.00383. The third-order valence-corrected chi connectivity index (χ3v) is 16.2. The van der Waals surface area contributed by atoms with Crippen molar-refractivity contribution in [1.82, 2.24) is 4.90 Å². The maximum absolute atomic E-state index is 8.44. The molecule has 2 aliphatic heterocycles. The molecule has 0 N–H and O–H groups in total. The van der Waals surface area contributed by atoms with Gasteiger partial charge in [-0.2, -0.15) is 0 Å². The molecule has 1 saturated heterocycles. The lowest BCUT2D eigenvalue weighted by Crippen LogP contribution is -2.53. The van der Waals surface area contributed by atoms with Crippen LogP contribution >= 0.6 is 11.6 Å². The van der Waals surface area contributed by atoms with E-state index in [1.807, 2.05) is 0 Å². The number of halogens is 1. The van der Waals surface area contributed by atoms with Gasteiger partial charge in [-0.25, -0.2) is 0 Å². The normalized spacial score (nSPS) is 31.5. The van der Waals surface area contributed by atoms with Crippen LogP contribution in [0.5, 0.6) is 0 Å². The van der Waals surface area contributed by atoms with E-state index in [0.717, 1.165) is 0 Å². The van der Waals surface area contributed by atoms with Gasteiger partial charge < -0.3 is 23.2 Å². The highest BCUT2D eigenvalue weighted by Gasteiger charge is 2.53. The highest BCUT2D eigenvalue weighted by Crippen LogP contribution is 2.42. The highest BCUT2D eigenvalue weighted by atomic mass is 35.5. The van der Waals surface area contributed by atoms with Gasteiger partial charge >= 0.3 is 0 Å². The Bertz CT molecular complexity index is 741. The zero-order chi connectivity index (χ0) is 25.4. The molecule has 180 valence electrons. The Balaban J connectivity index is 2.38. The lowest BCUT2D eigenvalue weighted by atomic mass is 10.1. The molecule has 0 aliphatic carbocycles. The van der Waals surface area contributed by atoms with Gasteiger partial charge in [0.15, 0.2) is 22.9 Å². The van der Waals surface area contributed by atoms with E-state index in [-0.39, 0.29) is 22.3 Å². The molecule has 5 atom stereocenters. The fourth-order valence-corrected chi connectivity index (χ4v) is 5.40. The summed E-state index contributed by atoms with van der Waals surface area (Å²) in [5, 5.41) is 0.0371. The Morgan fingerprint density at radius 2 is 1.74 bits per heavy atom. The van der Waals surface area contributed by atoms with E-state index in [4.69, 9.17) is 32.7 Å². The topological polar surface area (TPSA) is 52.5 Å². The minimum Gasteiger partial charge on any atom is -0.414 e. The van der Waals surface area contributed by atoms with Crippen LogP contribution in [0, 0.1) is 0 Å². The predicted molar refractivity (Wildman–Crippen MR) is 134 cm³/mol. The standard InChI is InChI=1S/C22H43ClN2O4Si2/c1-21(2,3)30(7,8)27-14-17-18(26-15-23)19(29-31(9,10)22(4,5)6)20(28-17)25-13-11-12-24-16-25/h11-13,17-20H,14-16H2,1-10H3/t17-,18-,19-,20-/m1/s1/i12D,16D/t16?,17-,18-,19-,20-. The molecule has 2 aliphatic rings. The molecule has 1 fully saturated rings. The van der Waals surface area contributed by atoms with Crippen LogP contribution in [0.3, 0.4) is 0 Å². The third kappa shape index (κ3) is 6.43. The molecule has 0 amide bonds. The Morgan fingerprint density at radius 1 is 1.13 bits per heavy atom. The molecule has 2 rings (SSSR count). The van der Waals surface area contributed by atoms with Crippen LogP contribution in [-0.4, -0.2) is 71.6 Å². The Hall–Kier alpha value is -0.226. The fourth-order valence-electron chi connectivity index (χ4n) is 2.96. The minimum atomic E-state index is -2.22. The molecule has 2 heterocycles. The molecular formula is C22H43ClN2O4Si2. The van der Waals surface area contributed by atoms with Crippen molar-refractivity contribution in [2.45, 2.75) is 102 Å². The minimum absolute atomic E-state index is 0.00383. The average Bonchev–Trinajstić information content (AvgIpc) is 2.95. The molecule has 0 saturated carbocycles. The molecule has 0 aromatic carbocycles. The summed E-state index contributed by atoms with van der Waals surface area (Å²) in [6.07, 6.45) is 1.39. The summed E-state index contributed by atoms with van der Waals surface area (Å²) in [6.45, 7) is 21.3. The second-order valence-corrected chi connectivity index (χ2v) is 21.1. The van der Waals surface area contributed by atoms with Gasteiger partial charge in [0, 0.05) is 12.4 Å². The van der Waals surface area contributed by atoms with Crippen molar-refractivity contribution >= 4 is 34.4 Å². The van der Waals surface area contributed by atoms with Crippen LogP contribution in [0.4, 0.5) is 0 Å². The largest absolute Gasteiger partial charge is 0.414 e. The van der Waals surface area contributed by atoms with E-state index < -0.39 is 47.8 Å². The number of alkyl halides is 1. The molecule has 0 spiro atoms. The van der Waals surface area contributed by atoms with E-state index in [2.05, 4.69) is 72.7 Å². The van der Waals surface area contributed by atoms with Crippen molar-refractivity contribution in [1.29, 1.82) is 0 Å². The molecule has 0 aromatic rings. The molecule has 9 heteroatoms. The second kappa shape index (κ2) is 9.95. The number of rotatable bonds is 8. The fraction of sp³-hybridized carbons (Fsp3) is 0.864. The first-order valence-electron chi connectivity index (χ1n) is 12.1. The van der Waals surface area contributed by atoms with E-state index >= 15 is 0 Å². The van der Waals surface area contributed by atoms with E-state index in [9.17, 15) is 0 Å². The van der Waals surface area contributed by atoms with Crippen LogP contribution in [0.15, 0.2) is 17.3 Å². The van der Waals surface area contributed by atoms with E-state index in [1.54, 1.807) is 17.2 Å². The van der Waals surface area contributed by atoms with Crippen molar-refractivity contribution < 1.29 is 21.1 Å². The van der Waals surface area contributed by atoms with Crippen LogP contribution in [0.1, 0.15) is 44.3 Å². The monoisotopic (exact) mass is 492 g/mol. The van der Waals surface area contributed by atoms with Crippen molar-refractivity contribution in [3.8, 4) is 0 Å². The Labute approximate surface area is 199 Å². The van der Waals surface area contributed by atoms with Crippen LogP contribution in [0.2, 0.25) is 36.3 Å². The first-order valence-corrected chi connectivity index (χ1v) is 17.3. The second-order valence-electron chi connectivity index (χ2n) is 11.4.